The Morgan fingerprint density at radius 1 is 1.50 bits per heavy atom. The summed E-state index contributed by atoms with van der Waals surface area (Å²) in [6.07, 6.45) is 0.484. The molecular weight excluding hydrogens is 246 g/mol. The third kappa shape index (κ3) is 2.96. The summed E-state index contributed by atoms with van der Waals surface area (Å²) in [6, 6.07) is 8.16. The average molecular weight is 261 g/mol. The molecule has 0 fully saturated rings. The first-order chi connectivity index (χ1) is 8.56. The van der Waals surface area contributed by atoms with Gasteiger partial charge in [-0.3, -0.25) is 4.79 Å². The molecule has 1 aromatic carbocycles. The largest absolute Gasteiger partial charge is 0.481 e. The van der Waals surface area contributed by atoms with Crippen LogP contribution >= 0.6 is 11.3 Å². The van der Waals surface area contributed by atoms with Gasteiger partial charge < -0.3 is 5.11 Å². The quantitative estimate of drug-likeness (QED) is 0.917. The van der Waals surface area contributed by atoms with Crippen molar-refractivity contribution in [3.63, 3.8) is 0 Å². The third-order valence-electron chi connectivity index (χ3n) is 2.75. The van der Waals surface area contributed by atoms with Crippen molar-refractivity contribution in [2.45, 2.75) is 20.3 Å². The molecule has 94 valence electrons. The molecule has 3 nitrogen and oxygen atoms in total. The lowest BCUT2D eigenvalue weighted by atomic mass is 10.1. The molecule has 2 rings (SSSR count). The summed E-state index contributed by atoms with van der Waals surface area (Å²) in [4.78, 5) is 15.3. The predicted molar refractivity (Wildman–Crippen MR) is 72.8 cm³/mol. The Bertz CT molecular complexity index is 562. The zero-order valence-electron chi connectivity index (χ0n) is 10.4. The Balaban J connectivity index is 2.18. The van der Waals surface area contributed by atoms with Crippen LogP contribution < -0.4 is 0 Å². The van der Waals surface area contributed by atoms with Crippen molar-refractivity contribution in [3.05, 3.63) is 40.9 Å². The van der Waals surface area contributed by atoms with Gasteiger partial charge in [0.15, 0.2) is 0 Å². The van der Waals surface area contributed by atoms with Crippen LogP contribution in [0.5, 0.6) is 0 Å². The fourth-order valence-electron chi connectivity index (χ4n) is 1.71. The highest BCUT2D eigenvalue weighted by Crippen LogP contribution is 2.25. The maximum atomic E-state index is 10.8. The number of thiazole rings is 1. The van der Waals surface area contributed by atoms with Crippen LogP contribution in [0.3, 0.4) is 0 Å². The minimum atomic E-state index is -0.778. The molecule has 18 heavy (non-hydrogen) atoms. The lowest BCUT2D eigenvalue weighted by Gasteiger charge is -2.02. The predicted octanol–water partition coefficient (Wildman–Crippen LogP) is 3.38. The molecule has 0 aliphatic carbocycles. The maximum absolute atomic E-state index is 10.8. The van der Waals surface area contributed by atoms with Crippen molar-refractivity contribution >= 4 is 17.3 Å². The topological polar surface area (TPSA) is 50.2 Å². The minimum Gasteiger partial charge on any atom is -0.481 e. The van der Waals surface area contributed by atoms with Crippen molar-refractivity contribution in [2.24, 2.45) is 5.92 Å². The number of hydrogen-bond donors (Lipinski definition) is 1. The summed E-state index contributed by atoms with van der Waals surface area (Å²) in [5.41, 5.74) is 3.14. The van der Waals surface area contributed by atoms with Crippen molar-refractivity contribution in [1.29, 1.82) is 0 Å². The molecule has 0 amide bonds. The van der Waals surface area contributed by atoms with E-state index in [0.29, 0.717) is 6.42 Å². The average Bonchev–Trinajstić information content (AvgIpc) is 2.77. The van der Waals surface area contributed by atoms with E-state index in [1.165, 1.54) is 5.56 Å². The summed E-state index contributed by atoms with van der Waals surface area (Å²) in [5, 5.41) is 11.8. The molecule has 1 unspecified atom stereocenters. The molecule has 1 N–H and O–H groups in total. The Hall–Kier alpha value is -1.68. The highest BCUT2D eigenvalue weighted by molar-refractivity contribution is 7.13. The maximum Gasteiger partial charge on any atom is 0.306 e. The van der Waals surface area contributed by atoms with Gasteiger partial charge in [0.25, 0.3) is 0 Å². The number of aryl methyl sites for hydroxylation is 1. The molecule has 0 radical (unpaired) electrons. The Labute approximate surface area is 110 Å². The monoisotopic (exact) mass is 261 g/mol. The molecule has 0 saturated carbocycles. The molecule has 1 heterocycles. The zero-order valence-corrected chi connectivity index (χ0v) is 11.2. The van der Waals surface area contributed by atoms with Crippen LogP contribution in [0, 0.1) is 12.8 Å². The van der Waals surface area contributed by atoms with Crippen LogP contribution in [0.25, 0.3) is 10.6 Å². The van der Waals surface area contributed by atoms with Gasteiger partial charge in [0, 0.05) is 17.4 Å². The molecule has 1 atom stereocenters. The van der Waals surface area contributed by atoms with Gasteiger partial charge >= 0.3 is 5.97 Å². The molecule has 0 saturated heterocycles. The summed E-state index contributed by atoms with van der Waals surface area (Å²) >= 11 is 1.56. The van der Waals surface area contributed by atoms with Crippen LogP contribution in [0.4, 0.5) is 0 Å². The van der Waals surface area contributed by atoms with E-state index in [0.717, 1.165) is 16.3 Å². The van der Waals surface area contributed by atoms with E-state index in [4.69, 9.17) is 5.11 Å². The number of aromatic nitrogens is 1. The second-order valence-electron chi connectivity index (χ2n) is 4.46. The molecule has 4 heteroatoms. The molecule has 0 aliphatic rings. The van der Waals surface area contributed by atoms with E-state index in [1.54, 1.807) is 18.3 Å². The highest BCUT2D eigenvalue weighted by Gasteiger charge is 2.14. The van der Waals surface area contributed by atoms with Crippen LogP contribution in [0.15, 0.2) is 29.6 Å². The second kappa shape index (κ2) is 5.31. The number of rotatable bonds is 4. The van der Waals surface area contributed by atoms with Gasteiger partial charge in [0.05, 0.1) is 11.6 Å². The fourth-order valence-corrected chi connectivity index (χ4v) is 2.54. The van der Waals surface area contributed by atoms with Gasteiger partial charge in [0.1, 0.15) is 5.01 Å². The molecule has 1 aromatic heterocycles. The fraction of sp³-hybridized carbons (Fsp3) is 0.286. The number of nitrogens with zero attached hydrogens (tertiary/aromatic N) is 1. The number of aliphatic carboxylic acids is 1. The van der Waals surface area contributed by atoms with E-state index in [2.05, 4.69) is 11.1 Å². The lowest BCUT2D eigenvalue weighted by molar-refractivity contribution is -0.141. The summed E-state index contributed by atoms with van der Waals surface area (Å²) < 4.78 is 0. The summed E-state index contributed by atoms with van der Waals surface area (Å²) in [7, 11) is 0. The number of carbonyl (C=O) groups is 1. The van der Waals surface area contributed by atoms with Crippen molar-refractivity contribution in [2.75, 3.05) is 0 Å². The van der Waals surface area contributed by atoms with Crippen LogP contribution in [0.1, 0.15) is 18.2 Å². The third-order valence-corrected chi connectivity index (χ3v) is 3.69. The number of hydrogen-bond acceptors (Lipinski definition) is 3. The standard InChI is InChI=1S/C14H15NO2S/c1-9-4-3-5-11(6-9)13-15-12(8-18-13)7-10(2)14(16)17/h3-6,8,10H,7H2,1-2H3,(H,16,17). The zero-order chi connectivity index (χ0) is 13.1. The van der Waals surface area contributed by atoms with Gasteiger partial charge in [-0.25, -0.2) is 4.98 Å². The molecule has 0 bridgehead atoms. The van der Waals surface area contributed by atoms with Crippen molar-refractivity contribution in [3.8, 4) is 10.6 Å². The van der Waals surface area contributed by atoms with E-state index in [-0.39, 0.29) is 0 Å². The van der Waals surface area contributed by atoms with Crippen molar-refractivity contribution in [1.82, 2.24) is 4.98 Å². The van der Waals surface area contributed by atoms with Gasteiger partial charge in [-0.15, -0.1) is 11.3 Å². The normalized spacial score (nSPS) is 12.3. The van der Waals surface area contributed by atoms with Gasteiger partial charge in [-0.1, -0.05) is 30.7 Å². The van der Waals surface area contributed by atoms with E-state index in [1.807, 2.05) is 30.5 Å². The van der Waals surface area contributed by atoms with Crippen LogP contribution in [0.2, 0.25) is 0 Å². The van der Waals surface area contributed by atoms with Gasteiger partial charge in [0.2, 0.25) is 0 Å². The summed E-state index contributed by atoms with van der Waals surface area (Å²) in [6.45, 7) is 3.75. The van der Waals surface area contributed by atoms with Crippen molar-refractivity contribution < 1.29 is 9.90 Å². The Morgan fingerprint density at radius 2 is 2.28 bits per heavy atom. The Kier molecular flexibility index (Phi) is 3.77. The van der Waals surface area contributed by atoms with E-state index >= 15 is 0 Å². The number of carboxylic acids is 1. The molecular formula is C14H15NO2S. The lowest BCUT2D eigenvalue weighted by Crippen LogP contribution is -2.12. The summed E-state index contributed by atoms with van der Waals surface area (Å²) in [5.74, 6) is -1.17. The molecule has 0 spiro atoms. The van der Waals surface area contributed by atoms with Crippen LogP contribution in [-0.2, 0) is 11.2 Å². The second-order valence-corrected chi connectivity index (χ2v) is 5.31. The van der Waals surface area contributed by atoms with Gasteiger partial charge in [-0.05, 0) is 13.0 Å². The SMILES string of the molecule is Cc1cccc(-c2nc(CC(C)C(=O)O)cs2)c1. The smallest absolute Gasteiger partial charge is 0.306 e. The van der Waals surface area contributed by atoms with Gasteiger partial charge in [-0.2, -0.15) is 0 Å². The number of carboxylic acid groups (broad SMARTS) is 1. The first-order valence-corrected chi connectivity index (χ1v) is 6.68. The number of benzene rings is 1. The molecule has 2 aromatic rings. The minimum absolute atomic E-state index is 0.391. The molecule has 0 aliphatic heterocycles. The first-order valence-electron chi connectivity index (χ1n) is 5.80. The van der Waals surface area contributed by atoms with Crippen LogP contribution in [-0.4, -0.2) is 16.1 Å². The van der Waals surface area contributed by atoms with E-state index < -0.39 is 11.9 Å². The highest BCUT2D eigenvalue weighted by atomic mass is 32.1. The Morgan fingerprint density at radius 3 is 2.94 bits per heavy atom. The first kappa shape index (κ1) is 12.8. The van der Waals surface area contributed by atoms with E-state index in [9.17, 15) is 4.79 Å².